The zero-order valence-corrected chi connectivity index (χ0v) is 13.5. The summed E-state index contributed by atoms with van der Waals surface area (Å²) in [5, 5.41) is 0. The second kappa shape index (κ2) is 6.09. The number of oxazole rings is 1. The number of fused-ring (bicyclic) bond motifs is 1. The lowest BCUT2D eigenvalue weighted by atomic mass is 10.2. The van der Waals surface area contributed by atoms with Crippen molar-refractivity contribution < 1.29 is 4.42 Å². The molecule has 7 nitrogen and oxygen atoms in total. The van der Waals surface area contributed by atoms with Crippen molar-refractivity contribution >= 4 is 44.6 Å². The molecule has 0 spiro atoms. The van der Waals surface area contributed by atoms with Gasteiger partial charge < -0.3 is 21.6 Å². The van der Waals surface area contributed by atoms with Crippen LogP contribution in [0.4, 0.5) is 5.69 Å². The third-order valence-corrected chi connectivity index (χ3v) is 3.42. The van der Waals surface area contributed by atoms with Crippen LogP contribution in [0, 0.1) is 0 Å². The number of benzene rings is 2. The van der Waals surface area contributed by atoms with Gasteiger partial charge in [-0.25, -0.2) is 9.98 Å². The van der Waals surface area contributed by atoms with Crippen molar-refractivity contribution in [2.24, 2.45) is 27.2 Å². The van der Waals surface area contributed by atoms with Gasteiger partial charge in [-0.3, -0.25) is 0 Å². The molecule has 3 rings (SSSR count). The van der Waals surface area contributed by atoms with E-state index in [0.717, 1.165) is 10.0 Å². The number of aliphatic imine (C=N–C) groups is 2. The Hall–Kier alpha value is -2.87. The van der Waals surface area contributed by atoms with Crippen molar-refractivity contribution in [1.29, 1.82) is 0 Å². The highest BCUT2D eigenvalue weighted by molar-refractivity contribution is 9.10. The Morgan fingerprint density at radius 2 is 1.91 bits per heavy atom. The summed E-state index contributed by atoms with van der Waals surface area (Å²) in [5.41, 5.74) is 18.9. The predicted octanol–water partition coefficient (Wildman–Crippen LogP) is 2.48. The first-order valence-electron chi connectivity index (χ1n) is 6.61. The van der Waals surface area contributed by atoms with Crippen LogP contribution in [0.15, 0.2) is 61.3 Å². The Labute approximate surface area is 140 Å². The predicted molar refractivity (Wildman–Crippen MR) is 94.2 cm³/mol. The number of nitrogens with two attached hydrogens (primary N) is 3. The molecular formula is C15H13BrN6O. The molecule has 0 fully saturated rings. The number of hydrogen-bond acceptors (Lipinski definition) is 3. The van der Waals surface area contributed by atoms with Crippen LogP contribution < -0.4 is 17.2 Å². The number of nitrogens with zero attached hydrogens (tertiary/aromatic N) is 3. The lowest BCUT2D eigenvalue weighted by molar-refractivity contribution is 0.620. The molecule has 8 heteroatoms. The van der Waals surface area contributed by atoms with Crippen molar-refractivity contribution in [3.05, 3.63) is 46.9 Å². The summed E-state index contributed by atoms with van der Waals surface area (Å²) in [5.74, 6) is 0.352. The molecule has 116 valence electrons. The third kappa shape index (κ3) is 3.49. The maximum atomic E-state index is 5.75. The fraction of sp³-hybridized carbons (Fsp3) is 0. The number of aromatic nitrogens is 1. The van der Waals surface area contributed by atoms with Gasteiger partial charge in [0.1, 0.15) is 5.52 Å². The number of rotatable bonds is 2. The molecule has 0 aliphatic rings. The molecule has 0 aliphatic carbocycles. The molecule has 0 atom stereocenters. The lowest BCUT2D eigenvalue weighted by Gasteiger charge is -1.95. The number of guanidine groups is 2. The minimum absolute atomic E-state index is 0.0277. The van der Waals surface area contributed by atoms with Gasteiger partial charge in [0.25, 0.3) is 0 Å². The normalized spacial score (nSPS) is 11.6. The van der Waals surface area contributed by atoms with E-state index in [1.807, 2.05) is 24.3 Å². The zero-order chi connectivity index (χ0) is 16.4. The topological polar surface area (TPSA) is 129 Å². The summed E-state index contributed by atoms with van der Waals surface area (Å²) in [7, 11) is 0. The van der Waals surface area contributed by atoms with Crippen molar-refractivity contribution in [1.82, 2.24) is 4.98 Å². The molecule has 0 radical (unpaired) electrons. The molecule has 0 saturated heterocycles. The highest BCUT2D eigenvalue weighted by Crippen LogP contribution is 2.28. The quantitative estimate of drug-likeness (QED) is 0.469. The van der Waals surface area contributed by atoms with E-state index in [9.17, 15) is 0 Å². The summed E-state index contributed by atoms with van der Waals surface area (Å²) in [6.07, 6.45) is 0. The van der Waals surface area contributed by atoms with Gasteiger partial charge in [-0.1, -0.05) is 22.0 Å². The van der Waals surface area contributed by atoms with E-state index >= 15 is 0 Å². The summed E-state index contributed by atoms with van der Waals surface area (Å²) < 4.78 is 6.71. The number of halogens is 1. The largest absolute Gasteiger partial charge is 0.436 e. The summed E-state index contributed by atoms with van der Waals surface area (Å²) >= 11 is 3.43. The van der Waals surface area contributed by atoms with Crippen molar-refractivity contribution in [3.63, 3.8) is 0 Å². The fourth-order valence-corrected chi connectivity index (χ4v) is 2.42. The first-order valence-corrected chi connectivity index (χ1v) is 7.41. The molecule has 3 aromatic rings. The summed E-state index contributed by atoms with van der Waals surface area (Å²) in [6, 6.07) is 13.0. The molecule has 0 unspecified atom stereocenters. The van der Waals surface area contributed by atoms with Crippen LogP contribution in [0.3, 0.4) is 0 Å². The second-order valence-electron chi connectivity index (χ2n) is 4.69. The molecule has 23 heavy (non-hydrogen) atoms. The minimum Gasteiger partial charge on any atom is -0.436 e. The molecule has 0 bridgehead atoms. The van der Waals surface area contributed by atoms with Crippen molar-refractivity contribution in [3.8, 4) is 11.5 Å². The van der Waals surface area contributed by atoms with E-state index in [4.69, 9.17) is 21.6 Å². The molecule has 1 aromatic heterocycles. The average Bonchev–Trinajstić information content (AvgIpc) is 2.89. The van der Waals surface area contributed by atoms with Gasteiger partial charge in [0.05, 0.1) is 5.69 Å². The van der Waals surface area contributed by atoms with Crippen LogP contribution in [-0.4, -0.2) is 16.9 Å². The van der Waals surface area contributed by atoms with Gasteiger partial charge >= 0.3 is 0 Å². The average molecular weight is 373 g/mol. The van der Waals surface area contributed by atoms with Crippen LogP contribution in [0.1, 0.15) is 0 Å². The summed E-state index contributed by atoms with van der Waals surface area (Å²) in [6.45, 7) is 0. The Kier molecular flexibility index (Phi) is 3.98. The van der Waals surface area contributed by atoms with Gasteiger partial charge in [0.15, 0.2) is 11.5 Å². The number of hydrogen-bond donors (Lipinski definition) is 3. The van der Waals surface area contributed by atoms with Crippen molar-refractivity contribution in [2.75, 3.05) is 0 Å². The highest BCUT2D eigenvalue weighted by Gasteiger charge is 2.09. The van der Waals surface area contributed by atoms with E-state index in [-0.39, 0.29) is 11.9 Å². The van der Waals surface area contributed by atoms with Crippen LogP contribution in [0.5, 0.6) is 0 Å². The SMILES string of the molecule is NC(N)=NC(N)=Nc1ccc2oc(-c3cccc(Br)c3)nc2c1. The van der Waals surface area contributed by atoms with E-state index in [1.54, 1.807) is 18.2 Å². The minimum atomic E-state index is -0.147. The maximum Gasteiger partial charge on any atom is 0.227 e. The van der Waals surface area contributed by atoms with Crippen LogP contribution in [-0.2, 0) is 0 Å². The summed E-state index contributed by atoms with van der Waals surface area (Å²) in [4.78, 5) is 12.2. The highest BCUT2D eigenvalue weighted by atomic mass is 79.9. The smallest absolute Gasteiger partial charge is 0.227 e. The second-order valence-corrected chi connectivity index (χ2v) is 5.60. The fourth-order valence-electron chi connectivity index (χ4n) is 2.02. The van der Waals surface area contributed by atoms with Crippen LogP contribution in [0.2, 0.25) is 0 Å². The van der Waals surface area contributed by atoms with Gasteiger partial charge in [0.2, 0.25) is 11.9 Å². The Bertz CT molecular complexity index is 927. The molecule has 2 aromatic carbocycles. The first kappa shape index (κ1) is 15.0. The van der Waals surface area contributed by atoms with Crippen LogP contribution >= 0.6 is 15.9 Å². The zero-order valence-electron chi connectivity index (χ0n) is 11.9. The van der Waals surface area contributed by atoms with Gasteiger partial charge in [-0.15, -0.1) is 0 Å². The maximum absolute atomic E-state index is 5.75. The van der Waals surface area contributed by atoms with E-state index in [1.165, 1.54) is 0 Å². The molecule has 0 amide bonds. The standard InChI is InChI=1S/C15H13BrN6O/c16-9-3-1-2-8(6-9)13-21-11-7-10(4-5-12(11)23-13)20-15(19)22-14(17)18/h1-7H,(H6,17,18,19,20,22). The molecule has 0 saturated carbocycles. The third-order valence-electron chi connectivity index (χ3n) is 2.93. The van der Waals surface area contributed by atoms with Crippen molar-refractivity contribution in [2.45, 2.75) is 0 Å². The van der Waals surface area contributed by atoms with Crippen LogP contribution in [0.25, 0.3) is 22.6 Å². The lowest BCUT2D eigenvalue weighted by Crippen LogP contribution is -2.26. The monoisotopic (exact) mass is 372 g/mol. The molecule has 6 N–H and O–H groups in total. The Balaban J connectivity index is 2.00. The Morgan fingerprint density at radius 3 is 2.65 bits per heavy atom. The van der Waals surface area contributed by atoms with Gasteiger partial charge in [-0.05, 0) is 36.4 Å². The Morgan fingerprint density at radius 1 is 1.09 bits per heavy atom. The first-order chi connectivity index (χ1) is 11.0. The van der Waals surface area contributed by atoms with E-state index in [2.05, 4.69) is 30.9 Å². The van der Waals surface area contributed by atoms with Gasteiger partial charge in [-0.2, -0.15) is 4.99 Å². The molecule has 0 aliphatic heterocycles. The molecular weight excluding hydrogens is 360 g/mol. The van der Waals surface area contributed by atoms with E-state index < -0.39 is 0 Å². The van der Waals surface area contributed by atoms with Gasteiger partial charge in [0, 0.05) is 10.0 Å². The van der Waals surface area contributed by atoms with E-state index in [0.29, 0.717) is 22.7 Å². The molecule has 1 heterocycles.